The Hall–Kier alpha value is -0.460. The van der Waals surface area contributed by atoms with Crippen LogP contribution in [0.3, 0.4) is 0 Å². The highest BCUT2D eigenvalue weighted by Gasteiger charge is 2.34. The minimum Gasteiger partial charge on any atom is -0.598 e. The summed E-state index contributed by atoms with van der Waals surface area (Å²) in [5, 5.41) is 0. The van der Waals surface area contributed by atoms with Gasteiger partial charge in [0.25, 0.3) is 0 Å². The monoisotopic (exact) mass is 346 g/mol. The molecule has 1 aliphatic rings. The molecule has 23 heavy (non-hydrogen) atoms. The number of ether oxygens (including phenoxy) is 1. The molecule has 0 radical (unpaired) electrons. The van der Waals surface area contributed by atoms with E-state index >= 15 is 0 Å². The van der Waals surface area contributed by atoms with E-state index in [9.17, 15) is 9.35 Å². The number of piperidine rings is 1. The molecule has 0 aliphatic carbocycles. The smallest absolute Gasteiger partial charge is 0.410 e. The van der Waals surface area contributed by atoms with Crippen LogP contribution in [0.25, 0.3) is 0 Å². The van der Waals surface area contributed by atoms with Crippen molar-refractivity contribution in [3.05, 3.63) is 0 Å². The highest BCUT2D eigenvalue weighted by Crippen LogP contribution is 2.34. The number of carbonyl (C=O) groups is 1. The van der Waals surface area contributed by atoms with Crippen LogP contribution in [0.4, 0.5) is 4.79 Å². The van der Waals surface area contributed by atoms with Gasteiger partial charge in [-0.25, -0.2) is 4.79 Å². The van der Waals surface area contributed by atoms with Crippen molar-refractivity contribution in [1.29, 1.82) is 0 Å². The Labute approximate surface area is 144 Å². The largest absolute Gasteiger partial charge is 0.598 e. The third-order valence-electron chi connectivity index (χ3n) is 4.14. The average Bonchev–Trinajstić information content (AvgIpc) is 2.36. The van der Waals surface area contributed by atoms with Crippen molar-refractivity contribution < 1.29 is 14.1 Å². The molecule has 0 aromatic heterocycles. The van der Waals surface area contributed by atoms with Crippen molar-refractivity contribution in [1.82, 2.24) is 9.62 Å². The molecule has 0 aromatic rings. The number of amides is 1. The van der Waals surface area contributed by atoms with E-state index in [-0.39, 0.29) is 16.3 Å². The van der Waals surface area contributed by atoms with Gasteiger partial charge in [-0.3, -0.25) is 0 Å². The summed E-state index contributed by atoms with van der Waals surface area (Å²) in [7, 11) is 0. The van der Waals surface area contributed by atoms with Crippen LogP contribution >= 0.6 is 0 Å². The fraction of sp³-hybridized carbons (Fsp3) is 0.941. The molecule has 0 bridgehead atoms. The molecule has 5 nitrogen and oxygen atoms in total. The number of nitrogens with one attached hydrogen (secondary N) is 1. The predicted molar refractivity (Wildman–Crippen MR) is 95.7 cm³/mol. The van der Waals surface area contributed by atoms with E-state index < -0.39 is 17.0 Å². The second-order valence-corrected chi connectivity index (χ2v) is 10.9. The summed E-state index contributed by atoms with van der Waals surface area (Å²) in [5.41, 5.74) is -0.258. The van der Waals surface area contributed by atoms with Crippen molar-refractivity contribution in [2.75, 3.05) is 19.6 Å². The van der Waals surface area contributed by atoms with Crippen LogP contribution in [-0.2, 0) is 16.1 Å². The van der Waals surface area contributed by atoms with Crippen molar-refractivity contribution in [3.63, 3.8) is 0 Å². The summed E-state index contributed by atoms with van der Waals surface area (Å²) in [6, 6.07) is 0. The molecule has 0 aromatic carbocycles. The van der Waals surface area contributed by atoms with Crippen LogP contribution in [0, 0.1) is 5.41 Å². The number of carbonyl (C=O) groups excluding carboxylic acids is 1. The SMILES string of the molecule is CC1(CCN[S+]([O-])C(C)(C)C)CCN(C(=O)OC(C)(C)C)CC1. The second-order valence-electron chi connectivity index (χ2n) is 8.80. The third-order valence-corrected chi connectivity index (χ3v) is 5.72. The number of hydrogen-bond donors (Lipinski definition) is 1. The zero-order valence-electron chi connectivity index (χ0n) is 15.8. The number of nitrogens with zero attached hydrogens (tertiary/aromatic N) is 1. The highest BCUT2D eigenvalue weighted by atomic mass is 32.2. The number of rotatable bonds is 4. The van der Waals surface area contributed by atoms with Gasteiger partial charge in [0.15, 0.2) is 0 Å². The summed E-state index contributed by atoms with van der Waals surface area (Å²) in [6.45, 7) is 16.0. The lowest BCUT2D eigenvalue weighted by atomic mass is 9.78. The molecule has 1 saturated heterocycles. The van der Waals surface area contributed by atoms with Crippen molar-refractivity contribution in [2.45, 2.75) is 78.1 Å². The van der Waals surface area contributed by atoms with Gasteiger partial charge in [-0.1, -0.05) is 6.92 Å². The molecule has 136 valence electrons. The lowest BCUT2D eigenvalue weighted by Gasteiger charge is -2.40. The Kier molecular flexibility index (Phi) is 6.82. The minimum absolute atomic E-state index is 0.188. The lowest BCUT2D eigenvalue weighted by molar-refractivity contribution is 0.0112. The maximum absolute atomic E-state index is 12.1. The summed E-state index contributed by atoms with van der Waals surface area (Å²) in [4.78, 5) is 13.9. The molecule has 1 aliphatic heterocycles. The fourth-order valence-corrected chi connectivity index (χ4v) is 3.19. The summed E-state index contributed by atoms with van der Waals surface area (Å²) >= 11 is -1.02. The molecular weight excluding hydrogens is 312 g/mol. The first-order valence-electron chi connectivity index (χ1n) is 8.46. The fourth-order valence-electron chi connectivity index (χ4n) is 2.47. The Balaban J connectivity index is 2.38. The van der Waals surface area contributed by atoms with Gasteiger partial charge in [-0.05, 0) is 66.2 Å². The Morgan fingerprint density at radius 2 is 1.74 bits per heavy atom. The zero-order chi connectivity index (χ0) is 17.9. The molecule has 1 fully saturated rings. The number of hydrogen-bond acceptors (Lipinski definition) is 4. The molecule has 0 saturated carbocycles. The van der Waals surface area contributed by atoms with E-state index in [1.54, 1.807) is 4.90 Å². The van der Waals surface area contributed by atoms with E-state index in [1.165, 1.54) is 0 Å². The quantitative estimate of drug-likeness (QED) is 0.792. The molecule has 1 atom stereocenters. The van der Waals surface area contributed by atoms with Crippen molar-refractivity contribution in [2.24, 2.45) is 5.41 Å². The van der Waals surface area contributed by atoms with Crippen LogP contribution in [0.15, 0.2) is 0 Å². The molecule has 1 heterocycles. The van der Waals surface area contributed by atoms with Crippen molar-refractivity contribution >= 4 is 17.5 Å². The summed E-state index contributed by atoms with van der Waals surface area (Å²) < 4.78 is 20.3. The average molecular weight is 347 g/mol. The summed E-state index contributed by atoms with van der Waals surface area (Å²) in [5.74, 6) is 0. The topological polar surface area (TPSA) is 64.6 Å². The van der Waals surface area contributed by atoms with Crippen LogP contribution in [0.5, 0.6) is 0 Å². The first kappa shape index (κ1) is 20.6. The third kappa shape index (κ3) is 7.31. The van der Waals surface area contributed by atoms with E-state index in [4.69, 9.17) is 4.74 Å². The van der Waals surface area contributed by atoms with Crippen LogP contribution < -0.4 is 4.72 Å². The predicted octanol–water partition coefficient (Wildman–Crippen LogP) is 3.47. The van der Waals surface area contributed by atoms with E-state index in [1.807, 2.05) is 41.5 Å². The maximum atomic E-state index is 12.1. The molecule has 1 amide bonds. The van der Waals surface area contributed by atoms with Gasteiger partial charge < -0.3 is 14.2 Å². The van der Waals surface area contributed by atoms with Crippen molar-refractivity contribution in [3.8, 4) is 0 Å². The minimum atomic E-state index is -1.02. The lowest BCUT2D eigenvalue weighted by Crippen LogP contribution is -2.46. The van der Waals surface area contributed by atoms with E-state index in [0.29, 0.717) is 0 Å². The first-order chi connectivity index (χ1) is 10.3. The molecule has 6 heteroatoms. The molecular formula is C17H34N2O3S. The van der Waals surface area contributed by atoms with Gasteiger partial charge in [-0.15, -0.1) is 4.72 Å². The van der Waals surface area contributed by atoms with Gasteiger partial charge in [0.05, 0.1) is 0 Å². The maximum Gasteiger partial charge on any atom is 0.410 e. The second kappa shape index (κ2) is 7.62. The molecule has 1 unspecified atom stereocenters. The zero-order valence-corrected chi connectivity index (χ0v) is 16.6. The Morgan fingerprint density at radius 3 is 2.17 bits per heavy atom. The molecule has 1 N–H and O–H groups in total. The molecule has 0 spiro atoms. The van der Waals surface area contributed by atoms with Crippen LogP contribution in [-0.4, -0.2) is 45.5 Å². The van der Waals surface area contributed by atoms with Gasteiger partial charge >= 0.3 is 6.09 Å². The standard InChI is InChI=1S/C17H34N2O3S/c1-15(2,3)22-14(20)19-12-9-17(7,10-13-19)8-11-18-23(21)16(4,5)6/h18H,8-13H2,1-7H3. The van der Waals surface area contributed by atoms with Crippen LogP contribution in [0.2, 0.25) is 0 Å². The van der Waals surface area contributed by atoms with Gasteiger partial charge in [0.2, 0.25) is 0 Å². The van der Waals surface area contributed by atoms with Gasteiger partial charge in [0, 0.05) is 31.0 Å². The molecule has 1 rings (SSSR count). The first-order valence-corrected chi connectivity index (χ1v) is 9.61. The normalized spacial score (nSPS) is 20.3. The van der Waals surface area contributed by atoms with E-state index in [2.05, 4.69) is 11.6 Å². The van der Waals surface area contributed by atoms with E-state index in [0.717, 1.165) is 38.9 Å². The Bertz CT molecular complexity index is 394. The highest BCUT2D eigenvalue weighted by molar-refractivity contribution is 7.90. The summed E-state index contributed by atoms with van der Waals surface area (Å²) in [6.07, 6.45) is 2.66. The van der Waals surface area contributed by atoms with Gasteiger partial charge in [-0.2, -0.15) is 0 Å². The number of likely N-dealkylation sites (tertiary alicyclic amines) is 1. The van der Waals surface area contributed by atoms with Crippen LogP contribution in [0.1, 0.15) is 67.7 Å². The Morgan fingerprint density at radius 1 is 1.22 bits per heavy atom. The van der Waals surface area contributed by atoms with Gasteiger partial charge in [0.1, 0.15) is 10.3 Å².